The van der Waals surface area contributed by atoms with Gasteiger partial charge in [-0.3, -0.25) is 14.7 Å². The molecule has 2 aromatic rings. The summed E-state index contributed by atoms with van der Waals surface area (Å²) in [5, 5.41) is 0. The second-order valence-corrected chi connectivity index (χ2v) is 8.06. The van der Waals surface area contributed by atoms with E-state index in [9.17, 15) is 4.79 Å². The van der Waals surface area contributed by atoms with Crippen molar-refractivity contribution >= 4 is 5.91 Å². The molecule has 4 heterocycles. The number of amides is 1. The molecule has 7 heteroatoms. The molecular formula is C21H28N6O. The molecule has 4 rings (SSSR count). The van der Waals surface area contributed by atoms with E-state index in [4.69, 9.17) is 0 Å². The Hall–Kier alpha value is -2.38. The van der Waals surface area contributed by atoms with Crippen LogP contribution in [0.2, 0.25) is 0 Å². The van der Waals surface area contributed by atoms with Gasteiger partial charge in [0.15, 0.2) is 5.82 Å². The lowest BCUT2D eigenvalue weighted by molar-refractivity contribution is 0.0281. The first kappa shape index (κ1) is 19.0. The molecule has 0 radical (unpaired) electrons. The van der Waals surface area contributed by atoms with Crippen molar-refractivity contribution in [3.05, 3.63) is 42.5 Å². The molecule has 28 heavy (non-hydrogen) atoms. The highest BCUT2D eigenvalue weighted by atomic mass is 16.2. The molecule has 2 aliphatic heterocycles. The van der Waals surface area contributed by atoms with Crippen molar-refractivity contribution in [3.8, 4) is 11.4 Å². The van der Waals surface area contributed by atoms with Gasteiger partial charge in [-0.1, -0.05) is 0 Å². The van der Waals surface area contributed by atoms with E-state index in [-0.39, 0.29) is 11.4 Å². The van der Waals surface area contributed by atoms with Crippen LogP contribution < -0.4 is 0 Å². The third kappa shape index (κ3) is 3.77. The number of carbonyl (C=O) groups is 1. The summed E-state index contributed by atoms with van der Waals surface area (Å²) >= 11 is 0. The summed E-state index contributed by atoms with van der Waals surface area (Å²) < 4.78 is 0. The number of piperidine rings is 1. The smallest absolute Gasteiger partial charge is 0.256 e. The van der Waals surface area contributed by atoms with Crippen molar-refractivity contribution in [1.29, 1.82) is 0 Å². The quantitative estimate of drug-likeness (QED) is 0.791. The average molecular weight is 380 g/mol. The van der Waals surface area contributed by atoms with Gasteiger partial charge in [0.2, 0.25) is 0 Å². The molecule has 0 atom stereocenters. The number of rotatable bonds is 2. The maximum Gasteiger partial charge on any atom is 0.256 e. The fourth-order valence-electron chi connectivity index (χ4n) is 4.45. The first-order chi connectivity index (χ1) is 13.6. The largest absolute Gasteiger partial charge is 0.338 e. The predicted octanol–water partition coefficient (Wildman–Crippen LogP) is 1.78. The second kappa shape index (κ2) is 7.93. The van der Waals surface area contributed by atoms with Crippen LogP contribution in [0.1, 0.15) is 29.6 Å². The summed E-state index contributed by atoms with van der Waals surface area (Å²) in [4.78, 5) is 32.6. The molecule has 0 aliphatic carbocycles. The number of aromatic nitrogens is 3. The fourth-order valence-corrected chi connectivity index (χ4v) is 4.45. The van der Waals surface area contributed by atoms with Crippen molar-refractivity contribution in [2.24, 2.45) is 0 Å². The van der Waals surface area contributed by atoms with Gasteiger partial charge in [0.1, 0.15) is 0 Å². The standard InChI is InChI=1S/C21H28N6O/c1-25-10-3-11-26(2)21(16-25)6-12-27(13-7-21)20(28)18-14-23-19(24-15-18)17-4-8-22-9-5-17/h4-5,8-9,14-15H,3,6-7,10-13,16H2,1-2H3. The van der Waals surface area contributed by atoms with E-state index in [2.05, 4.69) is 38.8 Å². The molecule has 2 aliphatic rings. The number of pyridine rings is 1. The number of hydrogen-bond donors (Lipinski definition) is 0. The van der Waals surface area contributed by atoms with Crippen LogP contribution in [-0.2, 0) is 0 Å². The van der Waals surface area contributed by atoms with Crippen molar-refractivity contribution in [3.63, 3.8) is 0 Å². The molecule has 0 unspecified atom stereocenters. The Labute approximate surface area is 166 Å². The summed E-state index contributed by atoms with van der Waals surface area (Å²) in [6.07, 6.45) is 9.93. The lowest BCUT2D eigenvalue weighted by Gasteiger charge is -2.47. The zero-order valence-corrected chi connectivity index (χ0v) is 16.7. The van der Waals surface area contributed by atoms with Crippen LogP contribution >= 0.6 is 0 Å². The minimum atomic E-state index is 0.0285. The summed E-state index contributed by atoms with van der Waals surface area (Å²) in [5.41, 5.74) is 1.64. The van der Waals surface area contributed by atoms with Crippen molar-refractivity contribution in [1.82, 2.24) is 29.7 Å². The van der Waals surface area contributed by atoms with Crippen LogP contribution in [0.25, 0.3) is 11.4 Å². The number of nitrogens with zero attached hydrogens (tertiary/aromatic N) is 6. The second-order valence-electron chi connectivity index (χ2n) is 8.06. The van der Waals surface area contributed by atoms with E-state index in [1.165, 1.54) is 6.42 Å². The molecule has 1 spiro atoms. The number of likely N-dealkylation sites (N-methyl/N-ethyl adjacent to an activating group) is 2. The fraction of sp³-hybridized carbons (Fsp3) is 0.524. The van der Waals surface area contributed by atoms with E-state index in [1.54, 1.807) is 24.8 Å². The van der Waals surface area contributed by atoms with Crippen LogP contribution in [0.5, 0.6) is 0 Å². The van der Waals surface area contributed by atoms with Gasteiger partial charge in [-0.2, -0.15) is 0 Å². The lowest BCUT2D eigenvalue weighted by atomic mass is 9.85. The Balaban J connectivity index is 1.42. The third-order valence-electron chi connectivity index (χ3n) is 6.23. The molecule has 1 amide bonds. The third-order valence-corrected chi connectivity index (χ3v) is 6.23. The van der Waals surface area contributed by atoms with E-state index in [1.807, 2.05) is 17.0 Å². The molecule has 2 aromatic heterocycles. The van der Waals surface area contributed by atoms with Gasteiger partial charge >= 0.3 is 0 Å². The molecule has 0 aromatic carbocycles. The first-order valence-electron chi connectivity index (χ1n) is 9.99. The summed E-state index contributed by atoms with van der Waals surface area (Å²) in [6.45, 7) is 4.92. The van der Waals surface area contributed by atoms with E-state index in [0.29, 0.717) is 11.4 Å². The monoisotopic (exact) mass is 380 g/mol. The van der Waals surface area contributed by atoms with Crippen LogP contribution in [0.4, 0.5) is 0 Å². The van der Waals surface area contributed by atoms with Gasteiger partial charge in [-0.15, -0.1) is 0 Å². The number of likely N-dealkylation sites (tertiary alicyclic amines) is 1. The van der Waals surface area contributed by atoms with Crippen LogP contribution in [0, 0.1) is 0 Å². The minimum Gasteiger partial charge on any atom is -0.338 e. The molecule has 2 fully saturated rings. The molecule has 0 N–H and O–H groups in total. The normalized spacial score (nSPS) is 20.9. The highest BCUT2D eigenvalue weighted by Gasteiger charge is 2.41. The van der Waals surface area contributed by atoms with Crippen molar-refractivity contribution in [2.75, 3.05) is 46.8 Å². The maximum atomic E-state index is 12.9. The first-order valence-corrected chi connectivity index (χ1v) is 9.99. The summed E-state index contributed by atoms with van der Waals surface area (Å²) in [6, 6.07) is 3.72. The average Bonchev–Trinajstić information content (AvgIpc) is 2.87. The molecule has 0 bridgehead atoms. The van der Waals surface area contributed by atoms with E-state index >= 15 is 0 Å². The van der Waals surface area contributed by atoms with Crippen molar-refractivity contribution in [2.45, 2.75) is 24.8 Å². The predicted molar refractivity (Wildman–Crippen MR) is 108 cm³/mol. The Kier molecular flexibility index (Phi) is 5.37. The summed E-state index contributed by atoms with van der Waals surface area (Å²) in [7, 11) is 4.45. The molecule has 148 valence electrons. The van der Waals surface area contributed by atoms with Gasteiger partial charge < -0.3 is 9.80 Å². The highest BCUT2D eigenvalue weighted by molar-refractivity contribution is 5.93. The zero-order valence-electron chi connectivity index (χ0n) is 16.7. The van der Waals surface area contributed by atoms with Gasteiger partial charge in [-0.05, 0) is 58.6 Å². The van der Waals surface area contributed by atoms with Crippen LogP contribution in [-0.4, -0.2) is 87.9 Å². The zero-order chi connectivity index (χ0) is 19.6. The lowest BCUT2D eigenvalue weighted by Crippen LogP contribution is -2.58. The number of carbonyl (C=O) groups excluding carboxylic acids is 1. The van der Waals surface area contributed by atoms with E-state index in [0.717, 1.165) is 51.1 Å². The van der Waals surface area contributed by atoms with E-state index < -0.39 is 0 Å². The Bertz CT molecular complexity index is 801. The Morgan fingerprint density at radius 3 is 2.36 bits per heavy atom. The van der Waals surface area contributed by atoms with Crippen LogP contribution in [0.3, 0.4) is 0 Å². The van der Waals surface area contributed by atoms with Gasteiger partial charge in [0, 0.05) is 55.5 Å². The molecule has 2 saturated heterocycles. The molecule has 7 nitrogen and oxygen atoms in total. The van der Waals surface area contributed by atoms with Gasteiger partial charge in [-0.25, -0.2) is 9.97 Å². The van der Waals surface area contributed by atoms with Gasteiger partial charge in [0.25, 0.3) is 5.91 Å². The molecular weight excluding hydrogens is 352 g/mol. The maximum absolute atomic E-state index is 12.9. The Morgan fingerprint density at radius 2 is 1.68 bits per heavy atom. The topological polar surface area (TPSA) is 65.5 Å². The number of hydrogen-bond acceptors (Lipinski definition) is 6. The van der Waals surface area contributed by atoms with Crippen molar-refractivity contribution < 1.29 is 4.79 Å². The highest BCUT2D eigenvalue weighted by Crippen LogP contribution is 2.31. The minimum absolute atomic E-state index is 0.0285. The van der Waals surface area contributed by atoms with Crippen LogP contribution in [0.15, 0.2) is 36.9 Å². The SMILES string of the molecule is CN1CCCN(C)C2(CCN(C(=O)c3cnc(-c4ccncc4)nc3)CC2)C1. The molecule has 0 saturated carbocycles. The summed E-state index contributed by atoms with van der Waals surface area (Å²) in [5.74, 6) is 0.639. The Morgan fingerprint density at radius 1 is 1.00 bits per heavy atom. The van der Waals surface area contributed by atoms with Gasteiger partial charge in [0.05, 0.1) is 5.56 Å².